The Balaban J connectivity index is 1.79. The summed E-state index contributed by atoms with van der Waals surface area (Å²) in [5.74, 6) is 0.794. The van der Waals surface area contributed by atoms with E-state index in [0.717, 1.165) is 11.4 Å². The summed E-state index contributed by atoms with van der Waals surface area (Å²) in [6, 6.07) is 17.6. The first-order chi connectivity index (χ1) is 10.2. The number of para-hydroxylation sites is 1. The number of rotatable bonds is 3. The van der Waals surface area contributed by atoms with Gasteiger partial charge in [-0.1, -0.05) is 29.8 Å². The molecule has 3 rings (SSSR count). The van der Waals surface area contributed by atoms with E-state index < -0.39 is 0 Å². The number of nitrogens with zero attached hydrogens (tertiary/aromatic N) is 1. The van der Waals surface area contributed by atoms with Gasteiger partial charge in [0.25, 0.3) is 0 Å². The van der Waals surface area contributed by atoms with Crippen LogP contribution in [-0.4, -0.2) is 25.5 Å². The van der Waals surface area contributed by atoms with E-state index in [2.05, 4.69) is 22.3 Å². The highest BCUT2D eigenvalue weighted by molar-refractivity contribution is 6.30. The zero-order valence-corrected chi connectivity index (χ0v) is 12.3. The quantitative estimate of drug-likeness (QED) is 0.914. The van der Waals surface area contributed by atoms with Crippen LogP contribution in [0.3, 0.4) is 0 Å². The molecule has 2 aromatic carbocycles. The number of nitrogens with one attached hydrogen (secondary N) is 1. The molecule has 2 unspecified atom stereocenters. The highest BCUT2D eigenvalue weighted by Crippen LogP contribution is 2.22. The normalized spacial score (nSPS) is 22.1. The molecular formula is C16H18ClN3O. The van der Waals surface area contributed by atoms with Crippen molar-refractivity contribution in [3.63, 3.8) is 0 Å². The van der Waals surface area contributed by atoms with E-state index in [9.17, 15) is 0 Å². The summed E-state index contributed by atoms with van der Waals surface area (Å²) in [5.41, 5.74) is 7.12. The summed E-state index contributed by atoms with van der Waals surface area (Å²) in [6.45, 7) is 1.36. The van der Waals surface area contributed by atoms with Crippen molar-refractivity contribution in [2.24, 2.45) is 5.73 Å². The zero-order valence-electron chi connectivity index (χ0n) is 11.6. The Morgan fingerprint density at radius 1 is 1.10 bits per heavy atom. The number of hydrogen-bond donors (Lipinski definition) is 2. The number of hydrogen-bond acceptors (Lipinski definition) is 4. The smallest absolute Gasteiger partial charge is 0.185 e. The molecule has 0 spiro atoms. The van der Waals surface area contributed by atoms with E-state index in [1.54, 1.807) is 0 Å². The summed E-state index contributed by atoms with van der Waals surface area (Å²) < 4.78 is 6.07. The molecule has 3 N–H and O–H groups in total. The lowest BCUT2D eigenvalue weighted by Crippen LogP contribution is -2.61. The molecule has 0 radical (unpaired) electrons. The topological polar surface area (TPSA) is 50.5 Å². The van der Waals surface area contributed by atoms with Crippen LogP contribution in [0.5, 0.6) is 5.75 Å². The minimum atomic E-state index is -0.103. The molecule has 0 aliphatic carbocycles. The SMILES string of the molecule is NC1CN(c2ccccc2)C(Oc2ccc(Cl)cc2)CN1. The molecule has 2 aromatic rings. The number of piperazine rings is 1. The lowest BCUT2D eigenvalue weighted by atomic mass is 10.2. The van der Waals surface area contributed by atoms with Crippen LogP contribution >= 0.6 is 11.6 Å². The Labute approximate surface area is 129 Å². The Hall–Kier alpha value is -1.75. The van der Waals surface area contributed by atoms with Gasteiger partial charge in [-0.25, -0.2) is 0 Å². The van der Waals surface area contributed by atoms with Gasteiger partial charge in [0.2, 0.25) is 0 Å². The van der Waals surface area contributed by atoms with E-state index in [1.165, 1.54) is 0 Å². The number of nitrogens with two attached hydrogens (primary N) is 1. The fraction of sp³-hybridized carbons (Fsp3) is 0.250. The second-order valence-electron chi connectivity index (χ2n) is 5.03. The maximum Gasteiger partial charge on any atom is 0.185 e. The van der Waals surface area contributed by atoms with Crippen molar-refractivity contribution in [1.82, 2.24) is 5.32 Å². The molecule has 1 fully saturated rings. The number of anilines is 1. The first-order valence-corrected chi connectivity index (χ1v) is 7.33. The van der Waals surface area contributed by atoms with Crippen LogP contribution in [0.2, 0.25) is 5.02 Å². The van der Waals surface area contributed by atoms with Crippen molar-refractivity contribution in [2.75, 3.05) is 18.0 Å². The molecule has 0 amide bonds. The first-order valence-electron chi connectivity index (χ1n) is 6.95. The molecule has 1 aliphatic heterocycles. The summed E-state index contributed by atoms with van der Waals surface area (Å²) in [5, 5.41) is 3.95. The van der Waals surface area contributed by atoms with Crippen LogP contribution in [0.1, 0.15) is 0 Å². The molecular weight excluding hydrogens is 286 g/mol. The second kappa shape index (κ2) is 6.35. The van der Waals surface area contributed by atoms with Crippen LogP contribution < -0.4 is 20.7 Å². The van der Waals surface area contributed by atoms with Gasteiger partial charge >= 0.3 is 0 Å². The van der Waals surface area contributed by atoms with Crippen molar-refractivity contribution >= 4 is 17.3 Å². The van der Waals surface area contributed by atoms with E-state index in [-0.39, 0.29) is 12.4 Å². The minimum Gasteiger partial charge on any atom is -0.469 e. The van der Waals surface area contributed by atoms with E-state index in [0.29, 0.717) is 18.1 Å². The van der Waals surface area contributed by atoms with Gasteiger partial charge in [0.1, 0.15) is 5.75 Å². The molecule has 0 aromatic heterocycles. The van der Waals surface area contributed by atoms with Crippen LogP contribution in [-0.2, 0) is 0 Å². The summed E-state index contributed by atoms with van der Waals surface area (Å²) >= 11 is 5.90. The van der Waals surface area contributed by atoms with Gasteiger partial charge in [0, 0.05) is 17.3 Å². The average Bonchev–Trinajstić information content (AvgIpc) is 2.52. The Kier molecular flexibility index (Phi) is 4.29. The molecule has 1 saturated heterocycles. The van der Waals surface area contributed by atoms with Crippen molar-refractivity contribution in [1.29, 1.82) is 0 Å². The maximum absolute atomic E-state index is 6.07. The Morgan fingerprint density at radius 3 is 2.52 bits per heavy atom. The zero-order chi connectivity index (χ0) is 14.7. The largest absolute Gasteiger partial charge is 0.469 e. The summed E-state index contributed by atoms with van der Waals surface area (Å²) in [4.78, 5) is 2.18. The fourth-order valence-corrected chi connectivity index (χ4v) is 2.55. The third-order valence-corrected chi connectivity index (χ3v) is 3.72. The maximum atomic E-state index is 6.07. The lowest BCUT2D eigenvalue weighted by Gasteiger charge is -2.40. The van der Waals surface area contributed by atoms with E-state index in [4.69, 9.17) is 22.1 Å². The van der Waals surface area contributed by atoms with Gasteiger partial charge < -0.3 is 15.4 Å². The van der Waals surface area contributed by atoms with Crippen LogP contribution in [0.25, 0.3) is 0 Å². The van der Waals surface area contributed by atoms with Gasteiger partial charge in [-0.15, -0.1) is 0 Å². The highest BCUT2D eigenvalue weighted by Gasteiger charge is 2.27. The van der Waals surface area contributed by atoms with Crippen molar-refractivity contribution in [3.05, 3.63) is 59.6 Å². The lowest BCUT2D eigenvalue weighted by molar-refractivity contribution is 0.162. The second-order valence-corrected chi connectivity index (χ2v) is 5.47. The molecule has 4 nitrogen and oxygen atoms in total. The summed E-state index contributed by atoms with van der Waals surface area (Å²) in [7, 11) is 0. The average molecular weight is 304 g/mol. The molecule has 21 heavy (non-hydrogen) atoms. The van der Waals surface area contributed by atoms with Gasteiger partial charge in [-0.05, 0) is 36.4 Å². The van der Waals surface area contributed by atoms with Gasteiger partial charge in [-0.2, -0.15) is 0 Å². The predicted octanol–water partition coefficient (Wildman–Crippen LogP) is 2.44. The van der Waals surface area contributed by atoms with E-state index >= 15 is 0 Å². The predicted molar refractivity (Wildman–Crippen MR) is 85.6 cm³/mol. The van der Waals surface area contributed by atoms with Crippen molar-refractivity contribution in [2.45, 2.75) is 12.4 Å². The molecule has 0 saturated carbocycles. The van der Waals surface area contributed by atoms with Crippen molar-refractivity contribution in [3.8, 4) is 5.75 Å². The van der Waals surface area contributed by atoms with Gasteiger partial charge in [0.05, 0.1) is 12.7 Å². The highest BCUT2D eigenvalue weighted by atomic mass is 35.5. The monoisotopic (exact) mass is 303 g/mol. The van der Waals surface area contributed by atoms with Crippen molar-refractivity contribution < 1.29 is 4.74 Å². The number of benzene rings is 2. The Bertz CT molecular complexity index is 576. The molecule has 5 heteroatoms. The summed E-state index contributed by atoms with van der Waals surface area (Å²) in [6.07, 6.45) is -0.163. The standard InChI is InChI=1S/C16H18ClN3O/c17-12-6-8-14(9-7-12)21-16-10-19-15(18)11-20(16)13-4-2-1-3-5-13/h1-9,15-16,19H,10-11,18H2. The minimum absolute atomic E-state index is 0.0599. The van der Waals surface area contributed by atoms with Crippen LogP contribution in [0.15, 0.2) is 54.6 Å². The van der Waals surface area contributed by atoms with E-state index in [1.807, 2.05) is 42.5 Å². The molecule has 1 heterocycles. The molecule has 110 valence electrons. The number of halogens is 1. The van der Waals surface area contributed by atoms with Gasteiger partial charge in [0.15, 0.2) is 6.23 Å². The molecule has 0 bridgehead atoms. The first kappa shape index (κ1) is 14.2. The third kappa shape index (κ3) is 3.47. The third-order valence-electron chi connectivity index (χ3n) is 3.47. The van der Waals surface area contributed by atoms with Crippen LogP contribution in [0.4, 0.5) is 5.69 Å². The fourth-order valence-electron chi connectivity index (χ4n) is 2.42. The number of ether oxygens (including phenoxy) is 1. The Morgan fingerprint density at radius 2 is 1.81 bits per heavy atom. The van der Waals surface area contributed by atoms with Gasteiger partial charge in [-0.3, -0.25) is 5.32 Å². The van der Waals surface area contributed by atoms with Crippen LogP contribution in [0, 0.1) is 0 Å². The molecule has 1 aliphatic rings. The molecule has 2 atom stereocenters.